The average Bonchev–Trinajstić information content (AvgIpc) is 3.52. The molecule has 3 heterocycles. The van der Waals surface area contributed by atoms with Crippen LogP contribution in [-0.4, -0.2) is 33.2 Å². The Hall–Kier alpha value is -3.40. The molecule has 0 aromatic carbocycles. The molecule has 2 aromatic rings. The maximum absolute atomic E-state index is 13.4. The predicted molar refractivity (Wildman–Crippen MR) is 113 cm³/mol. The number of guanidine groups is 1. The highest BCUT2D eigenvalue weighted by Crippen LogP contribution is 2.46. The van der Waals surface area contributed by atoms with Crippen LogP contribution in [0.4, 0.5) is 0 Å². The summed E-state index contributed by atoms with van der Waals surface area (Å²) in [6.45, 7) is 1.97. The van der Waals surface area contributed by atoms with Crippen molar-refractivity contribution >= 4 is 17.5 Å². The molecule has 0 radical (unpaired) electrons. The molecule has 1 saturated carbocycles. The third-order valence-electron chi connectivity index (χ3n) is 6.74. The zero-order chi connectivity index (χ0) is 21.0. The molecule has 0 bridgehead atoms. The smallest absolute Gasteiger partial charge is 0.235 e. The number of imidazole rings is 1. The van der Waals surface area contributed by atoms with Crippen LogP contribution in [0.5, 0.6) is 0 Å². The summed E-state index contributed by atoms with van der Waals surface area (Å²) in [5.41, 5.74) is 8.65. The van der Waals surface area contributed by atoms with Gasteiger partial charge in [-0.1, -0.05) is 24.3 Å². The van der Waals surface area contributed by atoms with Crippen LogP contribution in [0.25, 0.3) is 5.65 Å². The highest BCUT2D eigenvalue weighted by Gasteiger charge is 2.49. The minimum absolute atomic E-state index is 0.0261. The Bertz CT molecular complexity index is 1180. The number of carbonyl (C=O) groups excluding carboxylic acids is 1. The van der Waals surface area contributed by atoms with Crippen molar-refractivity contribution in [1.82, 2.24) is 14.3 Å². The van der Waals surface area contributed by atoms with E-state index < -0.39 is 11.5 Å². The number of nitriles is 1. The fourth-order valence-electron chi connectivity index (χ4n) is 4.77. The Morgan fingerprint density at radius 1 is 1.33 bits per heavy atom. The molecule has 2 aromatic heterocycles. The summed E-state index contributed by atoms with van der Waals surface area (Å²) >= 11 is 0. The van der Waals surface area contributed by atoms with Gasteiger partial charge >= 0.3 is 0 Å². The van der Waals surface area contributed by atoms with Gasteiger partial charge in [0.15, 0.2) is 5.96 Å². The number of aliphatic imine (C=N–C) groups is 1. The van der Waals surface area contributed by atoms with E-state index in [0.717, 1.165) is 12.0 Å². The number of allylic oxidation sites excluding steroid dienone is 4. The second kappa shape index (κ2) is 6.56. The van der Waals surface area contributed by atoms with Crippen LogP contribution in [-0.2, 0) is 10.3 Å². The normalized spacial score (nSPS) is 29.0. The molecule has 7 nitrogen and oxygen atoms in total. The average molecular weight is 400 g/mol. The van der Waals surface area contributed by atoms with Crippen molar-refractivity contribution in [2.24, 2.45) is 28.5 Å². The van der Waals surface area contributed by atoms with Crippen molar-refractivity contribution in [3.05, 3.63) is 59.6 Å². The molecular formula is C23H24N6O. The number of carbonyl (C=O) groups is 1. The number of hydrogen-bond donors (Lipinski definition) is 1. The lowest BCUT2D eigenvalue weighted by Gasteiger charge is -2.43. The molecule has 2 N–H and O–H groups in total. The highest BCUT2D eigenvalue weighted by atomic mass is 16.2. The van der Waals surface area contributed by atoms with Gasteiger partial charge in [-0.25, -0.2) is 9.98 Å². The molecule has 1 fully saturated rings. The first-order valence-corrected chi connectivity index (χ1v) is 10.3. The van der Waals surface area contributed by atoms with Crippen LogP contribution in [0.2, 0.25) is 0 Å². The van der Waals surface area contributed by atoms with Crippen molar-refractivity contribution in [3.8, 4) is 6.07 Å². The van der Waals surface area contributed by atoms with Crippen LogP contribution < -0.4 is 5.73 Å². The molecule has 7 heteroatoms. The topological polar surface area (TPSA) is 99.8 Å². The van der Waals surface area contributed by atoms with E-state index in [-0.39, 0.29) is 17.8 Å². The Morgan fingerprint density at radius 2 is 2.13 bits per heavy atom. The number of amides is 1. The maximum Gasteiger partial charge on any atom is 0.235 e. The molecule has 1 amide bonds. The zero-order valence-electron chi connectivity index (χ0n) is 17.1. The van der Waals surface area contributed by atoms with E-state index in [9.17, 15) is 10.1 Å². The SMILES string of the molecule is CN1C(=O)[C@H](C2C=CC(C3CC3)=CC2)[C@@](C)(c2ccc3ncc(C#N)n3c2)N=C1N. The second-order valence-corrected chi connectivity index (χ2v) is 8.63. The van der Waals surface area contributed by atoms with E-state index >= 15 is 0 Å². The van der Waals surface area contributed by atoms with Crippen LogP contribution in [0.1, 0.15) is 37.4 Å². The number of hydrogen-bond acceptors (Lipinski definition) is 5. The predicted octanol–water partition coefficient (Wildman–Crippen LogP) is 2.74. The van der Waals surface area contributed by atoms with Gasteiger partial charge in [0.2, 0.25) is 5.91 Å². The van der Waals surface area contributed by atoms with E-state index in [4.69, 9.17) is 10.7 Å². The summed E-state index contributed by atoms with van der Waals surface area (Å²) in [6.07, 6.45) is 13.4. The Labute approximate surface area is 175 Å². The first kappa shape index (κ1) is 18.6. The minimum Gasteiger partial charge on any atom is -0.369 e. The number of rotatable bonds is 3. The molecule has 5 rings (SSSR count). The summed E-state index contributed by atoms with van der Waals surface area (Å²) in [6, 6.07) is 5.95. The van der Waals surface area contributed by atoms with Crippen LogP contribution in [0.15, 0.2) is 53.3 Å². The van der Waals surface area contributed by atoms with Crippen molar-refractivity contribution in [2.75, 3.05) is 7.05 Å². The monoisotopic (exact) mass is 400 g/mol. The first-order chi connectivity index (χ1) is 14.4. The van der Waals surface area contributed by atoms with Gasteiger partial charge in [-0.3, -0.25) is 14.1 Å². The summed E-state index contributed by atoms with van der Waals surface area (Å²) in [4.78, 5) is 24.0. The lowest BCUT2D eigenvalue weighted by molar-refractivity contribution is -0.135. The van der Waals surface area contributed by atoms with Gasteiger partial charge in [0.1, 0.15) is 22.9 Å². The highest BCUT2D eigenvalue weighted by molar-refractivity contribution is 6.00. The third kappa shape index (κ3) is 2.75. The first-order valence-electron chi connectivity index (χ1n) is 10.3. The van der Waals surface area contributed by atoms with Gasteiger partial charge in [0, 0.05) is 13.2 Å². The Morgan fingerprint density at radius 3 is 2.80 bits per heavy atom. The van der Waals surface area contributed by atoms with Crippen LogP contribution in [0, 0.1) is 29.1 Å². The lowest BCUT2D eigenvalue weighted by Crippen LogP contribution is -2.55. The number of pyridine rings is 1. The molecular weight excluding hydrogens is 376 g/mol. The fraction of sp³-hybridized carbons (Fsp3) is 0.391. The number of aromatic nitrogens is 2. The van der Waals surface area contributed by atoms with Crippen molar-refractivity contribution in [1.29, 1.82) is 5.26 Å². The van der Waals surface area contributed by atoms with E-state index in [1.165, 1.54) is 23.3 Å². The van der Waals surface area contributed by atoms with Gasteiger partial charge in [0.25, 0.3) is 0 Å². The molecule has 30 heavy (non-hydrogen) atoms. The van der Waals surface area contributed by atoms with E-state index in [1.54, 1.807) is 17.6 Å². The van der Waals surface area contributed by atoms with Gasteiger partial charge in [0.05, 0.1) is 12.1 Å². The summed E-state index contributed by atoms with van der Waals surface area (Å²) < 4.78 is 1.74. The standard InChI is InChI=1S/C23H24N6O/c1-23(17-9-10-19-26-12-18(11-24)29(19)13-17)20(21(30)28(2)22(25)27-23)16-7-5-15(6-8-16)14-3-4-14/h5-7,9-10,12-14,16,20H,3-4,8H2,1-2H3,(H2,25,27)/t16?,20-,23+/m0/s1. The van der Waals surface area contributed by atoms with Gasteiger partial charge in [-0.15, -0.1) is 0 Å². The molecule has 0 saturated heterocycles. The molecule has 1 aliphatic heterocycles. The molecule has 3 atom stereocenters. The number of nitrogens with two attached hydrogens (primary N) is 1. The molecule has 152 valence electrons. The van der Waals surface area contributed by atoms with Crippen molar-refractivity contribution in [3.63, 3.8) is 0 Å². The van der Waals surface area contributed by atoms with Gasteiger partial charge in [-0.2, -0.15) is 5.26 Å². The zero-order valence-corrected chi connectivity index (χ0v) is 17.1. The molecule has 2 aliphatic carbocycles. The summed E-state index contributed by atoms with van der Waals surface area (Å²) in [5.74, 6) is 0.501. The second-order valence-electron chi connectivity index (χ2n) is 8.63. The summed E-state index contributed by atoms with van der Waals surface area (Å²) in [7, 11) is 1.68. The van der Waals surface area contributed by atoms with Crippen molar-refractivity contribution < 1.29 is 4.79 Å². The van der Waals surface area contributed by atoms with Crippen LogP contribution in [0.3, 0.4) is 0 Å². The number of fused-ring (bicyclic) bond motifs is 1. The van der Waals surface area contributed by atoms with E-state index in [0.29, 0.717) is 17.3 Å². The minimum atomic E-state index is -0.848. The van der Waals surface area contributed by atoms with E-state index in [2.05, 4.69) is 29.3 Å². The summed E-state index contributed by atoms with van der Waals surface area (Å²) in [5, 5.41) is 9.40. The fourth-order valence-corrected chi connectivity index (χ4v) is 4.77. The Balaban J connectivity index is 1.60. The number of nitrogens with zero attached hydrogens (tertiary/aromatic N) is 5. The van der Waals surface area contributed by atoms with E-state index in [1.807, 2.05) is 25.3 Å². The molecule has 1 unspecified atom stereocenters. The molecule has 3 aliphatic rings. The lowest BCUT2D eigenvalue weighted by atomic mass is 9.69. The van der Waals surface area contributed by atoms with Crippen molar-refractivity contribution in [2.45, 2.75) is 31.7 Å². The third-order valence-corrected chi connectivity index (χ3v) is 6.74. The quantitative estimate of drug-likeness (QED) is 0.856. The van der Waals surface area contributed by atoms with Gasteiger partial charge < -0.3 is 5.73 Å². The van der Waals surface area contributed by atoms with Crippen LogP contribution >= 0.6 is 0 Å². The molecule has 0 spiro atoms. The maximum atomic E-state index is 13.4. The Kier molecular flexibility index (Phi) is 4.07. The van der Waals surface area contributed by atoms with Gasteiger partial charge in [-0.05, 0) is 55.2 Å². The largest absolute Gasteiger partial charge is 0.369 e.